The topological polar surface area (TPSA) is 95.7 Å². The van der Waals surface area contributed by atoms with Crippen molar-refractivity contribution < 1.29 is 23.5 Å². The van der Waals surface area contributed by atoms with E-state index in [0.29, 0.717) is 41.4 Å². The van der Waals surface area contributed by atoms with Gasteiger partial charge in [-0.2, -0.15) is 4.98 Å². The molecule has 0 aliphatic carbocycles. The number of nitrogens with one attached hydrogen (secondary N) is 1. The van der Waals surface area contributed by atoms with Crippen LogP contribution in [0.15, 0.2) is 28.8 Å². The van der Waals surface area contributed by atoms with E-state index in [0.717, 1.165) is 22.4 Å². The van der Waals surface area contributed by atoms with Crippen LogP contribution in [-0.2, 0) is 22.6 Å². The number of aromatic nitrogens is 2. The summed E-state index contributed by atoms with van der Waals surface area (Å²) in [6.45, 7) is 3.03. The number of nitrogens with zero attached hydrogens (tertiary/aromatic N) is 2. The number of aryl methyl sites for hydroxylation is 1. The fourth-order valence-corrected chi connectivity index (χ4v) is 4.47. The summed E-state index contributed by atoms with van der Waals surface area (Å²) >= 11 is 1.46. The first kappa shape index (κ1) is 17.2. The maximum Gasteiger partial charge on any atom is 0.269 e. The maximum absolute atomic E-state index is 12.9. The normalized spacial score (nSPS) is 17.8. The molecule has 5 rings (SSSR count). The van der Waals surface area contributed by atoms with Gasteiger partial charge >= 0.3 is 0 Å². The number of para-hydroxylation sites is 2. The third kappa shape index (κ3) is 3.02. The lowest BCUT2D eigenvalue weighted by Gasteiger charge is -2.25. The van der Waals surface area contributed by atoms with Crippen LogP contribution in [0.5, 0.6) is 11.5 Å². The number of benzene rings is 1. The molecule has 0 bridgehead atoms. The van der Waals surface area contributed by atoms with Crippen LogP contribution in [0, 0.1) is 6.92 Å². The van der Waals surface area contributed by atoms with Gasteiger partial charge in [0.25, 0.3) is 11.8 Å². The zero-order valence-electron chi connectivity index (χ0n) is 15.1. The van der Waals surface area contributed by atoms with Crippen LogP contribution in [-0.4, -0.2) is 35.4 Å². The summed E-state index contributed by atoms with van der Waals surface area (Å²) in [4.78, 5) is 18.3. The van der Waals surface area contributed by atoms with Gasteiger partial charge in [-0.25, -0.2) is 0 Å². The lowest BCUT2D eigenvalue weighted by Crippen LogP contribution is -2.40. The molecule has 2 aliphatic rings. The molecule has 8 nitrogen and oxygen atoms in total. The summed E-state index contributed by atoms with van der Waals surface area (Å²) in [7, 11) is 0. The Morgan fingerprint density at radius 3 is 2.96 bits per heavy atom. The van der Waals surface area contributed by atoms with Gasteiger partial charge in [0.1, 0.15) is 11.6 Å². The van der Waals surface area contributed by atoms with E-state index >= 15 is 0 Å². The first-order chi connectivity index (χ1) is 13.7. The monoisotopic (exact) mass is 399 g/mol. The van der Waals surface area contributed by atoms with Crippen molar-refractivity contribution in [2.24, 2.45) is 0 Å². The van der Waals surface area contributed by atoms with Gasteiger partial charge < -0.3 is 24.1 Å². The second-order valence-corrected chi connectivity index (χ2v) is 7.62. The van der Waals surface area contributed by atoms with Gasteiger partial charge in [-0.15, -0.1) is 11.3 Å². The molecule has 4 heterocycles. The van der Waals surface area contributed by atoms with Crippen molar-refractivity contribution >= 4 is 22.2 Å². The molecular weight excluding hydrogens is 382 g/mol. The van der Waals surface area contributed by atoms with Crippen LogP contribution in [0.25, 0.3) is 11.5 Å². The minimum Gasteiger partial charge on any atom is -0.485 e. The summed E-state index contributed by atoms with van der Waals surface area (Å²) in [6.07, 6.45) is -0.0166. The second kappa shape index (κ2) is 6.92. The highest BCUT2D eigenvalue weighted by molar-refractivity contribution is 7.17. The van der Waals surface area contributed by atoms with E-state index in [2.05, 4.69) is 15.5 Å². The molecule has 0 unspecified atom stereocenters. The minimum absolute atomic E-state index is 0.145. The zero-order chi connectivity index (χ0) is 19.1. The van der Waals surface area contributed by atoms with Crippen molar-refractivity contribution in [3.05, 3.63) is 40.5 Å². The molecule has 144 valence electrons. The molecule has 1 aromatic carbocycles. The number of thiophene rings is 1. The Hall–Kier alpha value is -2.91. The SMILES string of the molecule is Cc1noc(-c2c(NC(=O)[C@@H]3COc4ccccc4O3)sc3c2CCOC3)n1. The first-order valence-electron chi connectivity index (χ1n) is 8.91. The third-order valence-electron chi connectivity index (χ3n) is 4.60. The van der Waals surface area contributed by atoms with Gasteiger partial charge in [0.15, 0.2) is 17.3 Å². The molecule has 0 radical (unpaired) electrons. The van der Waals surface area contributed by atoms with Crippen LogP contribution in [0.4, 0.5) is 5.00 Å². The maximum atomic E-state index is 12.9. The Balaban J connectivity index is 1.44. The molecule has 0 spiro atoms. The number of hydrogen-bond donors (Lipinski definition) is 1. The Morgan fingerprint density at radius 2 is 2.14 bits per heavy atom. The molecular formula is C19H17N3O5S. The van der Waals surface area contributed by atoms with E-state index in [1.54, 1.807) is 13.0 Å². The molecule has 3 aromatic rings. The summed E-state index contributed by atoms with van der Waals surface area (Å²) in [5.74, 6) is 1.85. The van der Waals surface area contributed by atoms with E-state index in [1.165, 1.54) is 11.3 Å². The smallest absolute Gasteiger partial charge is 0.269 e. The standard InChI is InChI=1S/C19H17N3O5S/c1-10-20-18(27-22-10)16-11-6-7-24-9-15(11)28-19(16)21-17(23)14-8-25-12-4-2-3-5-13(12)26-14/h2-5,14H,6-9H2,1H3,(H,21,23)/t14-/m0/s1. The Labute approximate surface area is 164 Å². The average molecular weight is 399 g/mol. The predicted molar refractivity (Wildman–Crippen MR) is 101 cm³/mol. The molecule has 9 heteroatoms. The van der Waals surface area contributed by atoms with Gasteiger partial charge in [0.2, 0.25) is 6.10 Å². The second-order valence-electron chi connectivity index (χ2n) is 6.51. The lowest BCUT2D eigenvalue weighted by molar-refractivity contribution is -0.125. The van der Waals surface area contributed by atoms with Crippen molar-refractivity contribution in [1.82, 2.24) is 10.1 Å². The van der Waals surface area contributed by atoms with Gasteiger partial charge in [0.05, 0.1) is 18.8 Å². The van der Waals surface area contributed by atoms with E-state index in [-0.39, 0.29) is 12.5 Å². The van der Waals surface area contributed by atoms with Crippen LogP contribution in [0.3, 0.4) is 0 Å². The van der Waals surface area contributed by atoms with Crippen molar-refractivity contribution in [1.29, 1.82) is 0 Å². The number of fused-ring (bicyclic) bond motifs is 2. The van der Waals surface area contributed by atoms with Gasteiger partial charge in [0, 0.05) is 4.88 Å². The van der Waals surface area contributed by atoms with E-state index in [4.69, 9.17) is 18.7 Å². The fourth-order valence-electron chi connectivity index (χ4n) is 3.29. The highest BCUT2D eigenvalue weighted by Gasteiger charge is 2.31. The van der Waals surface area contributed by atoms with E-state index in [1.807, 2.05) is 18.2 Å². The predicted octanol–water partition coefficient (Wildman–Crippen LogP) is 2.96. The van der Waals surface area contributed by atoms with Crippen LogP contribution >= 0.6 is 11.3 Å². The molecule has 0 saturated carbocycles. The highest BCUT2D eigenvalue weighted by atomic mass is 32.1. The molecule has 0 fully saturated rings. The zero-order valence-corrected chi connectivity index (χ0v) is 15.9. The summed E-state index contributed by atoms with van der Waals surface area (Å²) in [6, 6.07) is 7.29. The van der Waals surface area contributed by atoms with Crippen molar-refractivity contribution in [3.63, 3.8) is 0 Å². The van der Waals surface area contributed by atoms with Crippen LogP contribution in [0.1, 0.15) is 16.3 Å². The Morgan fingerprint density at radius 1 is 1.29 bits per heavy atom. The number of carbonyl (C=O) groups excluding carboxylic acids is 1. The summed E-state index contributed by atoms with van der Waals surface area (Å²) < 4.78 is 22.4. The van der Waals surface area contributed by atoms with Gasteiger partial charge in [-0.1, -0.05) is 17.3 Å². The van der Waals surface area contributed by atoms with Crippen LogP contribution < -0.4 is 14.8 Å². The molecule has 1 N–H and O–H groups in total. The quantitative estimate of drug-likeness (QED) is 0.723. The number of anilines is 1. The highest BCUT2D eigenvalue weighted by Crippen LogP contribution is 2.42. The van der Waals surface area contributed by atoms with Gasteiger partial charge in [-0.3, -0.25) is 4.79 Å². The number of rotatable bonds is 3. The summed E-state index contributed by atoms with van der Waals surface area (Å²) in [5, 5.41) is 7.51. The van der Waals surface area contributed by atoms with Gasteiger partial charge in [-0.05, 0) is 31.0 Å². The first-order valence-corrected chi connectivity index (χ1v) is 9.73. The molecule has 0 saturated heterocycles. The van der Waals surface area contributed by atoms with E-state index < -0.39 is 6.10 Å². The van der Waals surface area contributed by atoms with Crippen molar-refractivity contribution in [2.45, 2.75) is 26.1 Å². The van der Waals surface area contributed by atoms with Crippen LogP contribution in [0.2, 0.25) is 0 Å². The third-order valence-corrected chi connectivity index (χ3v) is 5.72. The Kier molecular flexibility index (Phi) is 4.25. The number of ether oxygens (including phenoxy) is 3. The molecule has 1 atom stereocenters. The van der Waals surface area contributed by atoms with Crippen molar-refractivity contribution in [2.75, 3.05) is 18.5 Å². The fraction of sp³-hybridized carbons (Fsp3) is 0.316. The minimum atomic E-state index is -0.748. The molecule has 2 aromatic heterocycles. The van der Waals surface area contributed by atoms with E-state index in [9.17, 15) is 4.79 Å². The number of carbonyl (C=O) groups is 1. The lowest BCUT2D eigenvalue weighted by atomic mass is 10.1. The molecule has 28 heavy (non-hydrogen) atoms. The summed E-state index contributed by atoms with van der Waals surface area (Å²) in [5.41, 5.74) is 1.86. The largest absolute Gasteiger partial charge is 0.485 e. The average Bonchev–Trinajstić information content (AvgIpc) is 3.30. The molecule has 1 amide bonds. The molecule has 2 aliphatic heterocycles. The Bertz CT molecular complexity index is 1040. The number of amides is 1. The number of hydrogen-bond acceptors (Lipinski definition) is 8. The van der Waals surface area contributed by atoms with Crippen molar-refractivity contribution in [3.8, 4) is 23.0 Å².